The lowest BCUT2D eigenvalue weighted by molar-refractivity contribution is -0.109. The van der Waals surface area contributed by atoms with Crippen molar-refractivity contribution in [3.8, 4) is 0 Å². The van der Waals surface area contributed by atoms with Gasteiger partial charge in [-0.3, -0.25) is 4.79 Å². The topological polar surface area (TPSA) is 43.1 Å². The molecule has 0 saturated carbocycles. The Morgan fingerprint density at radius 2 is 2.24 bits per heavy atom. The van der Waals surface area contributed by atoms with E-state index in [0.717, 1.165) is 12.2 Å². The molecular weight excluding hydrogens is 237 g/mol. The van der Waals surface area contributed by atoms with Crippen molar-refractivity contribution in [2.24, 2.45) is 0 Å². The fourth-order valence-corrected chi connectivity index (χ4v) is 1.87. The second-order valence-electron chi connectivity index (χ2n) is 3.71. The van der Waals surface area contributed by atoms with Crippen LogP contribution in [0, 0.1) is 12.7 Å². The van der Waals surface area contributed by atoms with Crippen LogP contribution in [-0.2, 0) is 4.79 Å². The van der Waals surface area contributed by atoms with Gasteiger partial charge in [-0.1, -0.05) is 23.9 Å². The third-order valence-corrected chi connectivity index (χ3v) is 3.19. The van der Waals surface area contributed by atoms with Gasteiger partial charge in [0.05, 0.1) is 0 Å². The predicted molar refractivity (Wildman–Crippen MR) is 72.3 cm³/mol. The van der Waals surface area contributed by atoms with Crippen molar-refractivity contribution in [3.05, 3.63) is 35.2 Å². The van der Waals surface area contributed by atoms with Crippen molar-refractivity contribution in [3.63, 3.8) is 0 Å². The van der Waals surface area contributed by atoms with Crippen LogP contribution in [0.25, 0.3) is 6.08 Å². The van der Waals surface area contributed by atoms with E-state index in [4.69, 9.17) is 5.73 Å². The summed E-state index contributed by atoms with van der Waals surface area (Å²) in [4.78, 5) is 10.7. The zero-order chi connectivity index (χ0) is 12.8. The highest BCUT2D eigenvalue weighted by molar-refractivity contribution is 8.13. The van der Waals surface area contributed by atoms with Gasteiger partial charge in [0.2, 0.25) is 0 Å². The third-order valence-electron chi connectivity index (χ3n) is 2.35. The van der Waals surface area contributed by atoms with Crippen LogP contribution >= 0.6 is 11.8 Å². The zero-order valence-electron chi connectivity index (χ0n) is 10.00. The monoisotopic (exact) mass is 253 g/mol. The van der Waals surface area contributed by atoms with Crippen molar-refractivity contribution in [2.75, 3.05) is 11.5 Å². The molecule has 0 aromatic heterocycles. The fraction of sp³-hybridized carbons (Fsp3) is 0.308. The minimum absolute atomic E-state index is 0.105. The van der Waals surface area contributed by atoms with Crippen molar-refractivity contribution < 1.29 is 9.18 Å². The van der Waals surface area contributed by atoms with Gasteiger partial charge < -0.3 is 5.73 Å². The number of rotatable bonds is 4. The van der Waals surface area contributed by atoms with Crippen LogP contribution in [0.5, 0.6) is 0 Å². The van der Waals surface area contributed by atoms with Gasteiger partial charge in [-0.2, -0.15) is 0 Å². The van der Waals surface area contributed by atoms with Crippen molar-refractivity contribution in [1.29, 1.82) is 0 Å². The van der Waals surface area contributed by atoms with Gasteiger partial charge >= 0.3 is 0 Å². The SMILES string of the molecule is CC(=O)SCCC=Cc1ccc(N)c(C)c1F. The summed E-state index contributed by atoms with van der Waals surface area (Å²) in [6.07, 6.45) is 4.33. The van der Waals surface area contributed by atoms with Crippen molar-refractivity contribution >= 4 is 28.6 Å². The highest BCUT2D eigenvalue weighted by atomic mass is 32.2. The van der Waals surface area contributed by atoms with E-state index in [-0.39, 0.29) is 10.9 Å². The van der Waals surface area contributed by atoms with E-state index in [0.29, 0.717) is 16.8 Å². The van der Waals surface area contributed by atoms with Crippen LogP contribution < -0.4 is 5.73 Å². The molecule has 2 N–H and O–H groups in total. The Morgan fingerprint density at radius 3 is 2.88 bits per heavy atom. The molecule has 0 aliphatic carbocycles. The van der Waals surface area contributed by atoms with Gasteiger partial charge in [0.15, 0.2) is 5.12 Å². The maximum atomic E-state index is 13.7. The van der Waals surface area contributed by atoms with Crippen LogP contribution in [0.1, 0.15) is 24.5 Å². The fourth-order valence-electron chi connectivity index (χ4n) is 1.33. The van der Waals surface area contributed by atoms with Gasteiger partial charge in [0.25, 0.3) is 0 Å². The van der Waals surface area contributed by atoms with E-state index < -0.39 is 0 Å². The first-order valence-corrected chi connectivity index (χ1v) is 6.35. The Labute approximate surface area is 105 Å². The van der Waals surface area contributed by atoms with Crippen LogP contribution in [0.15, 0.2) is 18.2 Å². The first kappa shape index (κ1) is 13.8. The molecule has 0 unspecified atom stereocenters. The van der Waals surface area contributed by atoms with Crippen LogP contribution in [0.2, 0.25) is 0 Å². The number of hydrogen-bond donors (Lipinski definition) is 1. The minimum Gasteiger partial charge on any atom is -0.398 e. The maximum absolute atomic E-state index is 13.7. The number of thioether (sulfide) groups is 1. The van der Waals surface area contributed by atoms with Crippen LogP contribution in [0.3, 0.4) is 0 Å². The van der Waals surface area contributed by atoms with Crippen molar-refractivity contribution in [1.82, 2.24) is 0 Å². The first-order chi connectivity index (χ1) is 8.02. The number of benzene rings is 1. The molecule has 0 fully saturated rings. The Morgan fingerprint density at radius 1 is 1.53 bits per heavy atom. The van der Waals surface area contributed by atoms with E-state index in [1.807, 2.05) is 6.08 Å². The quantitative estimate of drug-likeness (QED) is 0.660. The second kappa shape index (κ2) is 6.45. The van der Waals surface area contributed by atoms with Crippen LogP contribution in [0.4, 0.5) is 10.1 Å². The zero-order valence-corrected chi connectivity index (χ0v) is 10.8. The number of carbonyl (C=O) groups excluding carboxylic acids is 1. The van der Waals surface area contributed by atoms with Gasteiger partial charge in [0.1, 0.15) is 5.82 Å². The smallest absolute Gasteiger partial charge is 0.185 e. The van der Waals surface area contributed by atoms with Gasteiger partial charge in [-0.05, 0) is 25.5 Å². The summed E-state index contributed by atoms with van der Waals surface area (Å²) in [7, 11) is 0. The second-order valence-corrected chi connectivity index (χ2v) is 4.99. The summed E-state index contributed by atoms with van der Waals surface area (Å²) in [6, 6.07) is 3.36. The van der Waals surface area contributed by atoms with E-state index in [2.05, 4.69) is 0 Å². The third kappa shape index (κ3) is 4.23. The molecule has 0 radical (unpaired) electrons. The normalized spacial score (nSPS) is 11.0. The number of anilines is 1. The Kier molecular flexibility index (Phi) is 5.22. The molecule has 1 rings (SSSR count). The molecule has 0 aliphatic rings. The molecule has 0 heterocycles. The number of hydrogen-bond acceptors (Lipinski definition) is 3. The average Bonchev–Trinajstić information content (AvgIpc) is 2.28. The Balaban J connectivity index is 2.60. The summed E-state index contributed by atoms with van der Waals surface area (Å²) >= 11 is 1.27. The molecule has 92 valence electrons. The Bertz CT molecular complexity index is 443. The molecule has 0 amide bonds. The summed E-state index contributed by atoms with van der Waals surface area (Å²) < 4.78 is 13.7. The number of halogens is 1. The summed E-state index contributed by atoms with van der Waals surface area (Å²) in [6.45, 7) is 3.20. The number of carbonyl (C=O) groups is 1. The number of nitrogens with two attached hydrogens (primary N) is 1. The van der Waals surface area contributed by atoms with E-state index in [9.17, 15) is 9.18 Å². The standard InChI is InChI=1S/C13H16FNOS/c1-9-12(15)7-6-11(13(9)14)5-3-4-8-17-10(2)16/h3,5-7H,4,8,15H2,1-2H3. The molecule has 1 aromatic rings. The van der Waals surface area contributed by atoms with Gasteiger partial charge in [-0.15, -0.1) is 0 Å². The van der Waals surface area contributed by atoms with Crippen LogP contribution in [-0.4, -0.2) is 10.9 Å². The summed E-state index contributed by atoms with van der Waals surface area (Å²) in [5.74, 6) is 0.446. The van der Waals surface area contributed by atoms with Gasteiger partial charge in [0, 0.05) is 29.5 Å². The van der Waals surface area contributed by atoms with E-state index in [1.54, 1.807) is 25.1 Å². The molecule has 4 heteroatoms. The number of nitrogen functional groups attached to an aromatic ring is 1. The molecular formula is C13H16FNOS. The summed E-state index contributed by atoms with van der Waals surface area (Å²) in [5.41, 5.74) is 7.07. The molecule has 0 aliphatic heterocycles. The predicted octanol–water partition coefficient (Wildman–Crippen LogP) is 3.40. The highest BCUT2D eigenvalue weighted by Crippen LogP contribution is 2.19. The lowest BCUT2D eigenvalue weighted by atomic mass is 10.1. The molecule has 0 bridgehead atoms. The minimum atomic E-state index is -0.277. The highest BCUT2D eigenvalue weighted by Gasteiger charge is 2.04. The molecule has 0 atom stereocenters. The molecule has 0 saturated heterocycles. The lowest BCUT2D eigenvalue weighted by Crippen LogP contribution is -1.95. The summed E-state index contributed by atoms with van der Waals surface area (Å²) in [5, 5.41) is 0.105. The Hall–Kier alpha value is -1.29. The van der Waals surface area contributed by atoms with E-state index in [1.165, 1.54) is 18.7 Å². The van der Waals surface area contributed by atoms with Crippen molar-refractivity contribution in [2.45, 2.75) is 20.3 Å². The van der Waals surface area contributed by atoms with Gasteiger partial charge in [-0.25, -0.2) is 4.39 Å². The maximum Gasteiger partial charge on any atom is 0.185 e. The molecule has 2 nitrogen and oxygen atoms in total. The molecule has 0 spiro atoms. The molecule has 17 heavy (non-hydrogen) atoms. The average molecular weight is 253 g/mol. The van der Waals surface area contributed by atoms with E-state index >= 15 is 0 Å². The lowest BCUT2D eigenvalue weighted by Gasteiger charge is -2.04. The number of allylic oxidation sites excluding steroid dienone is 1. The molecule has 1 aromatic carbocycles. The largest absolute Gasteiger partial charge is 0.398 e. The first-order valence-electron chi connectivity index (χ1n) is 5.37.